The van der Waals surface area contributed by atoms with Crippen molar-refractivity contribution in [3.63, 3.8) is 0 Å². The summed E-state index contributed by atoms with van der Waals surface area (Å²) < 4.78 is 5.28. The number of ether oxygens (including phenoxy) is 1. The van der Waals surface area contributed by atoms with Crippen LogP contribution in [-0.4, -0.2) is 11.7 Å². The van der Waals surface area contributed by atoms with Gasteiger partial charge in [0.2, 0.25) is 0 Å². The quantitative estimate of drug-likeness (QED) is 0.625. The summed E-state index contributed by atoms with van der Waals surface area (Å²) >= 11 is 4.84. The Balaban J connectivity index is 2.01. The molecular weight excluding hydrogens is 168 g/mol. The molecule has 0 aromatic rings. The normalized spacial score (nSPS) is 19.1. The highest BCUT2D eigenvalue weighted by molar-refractivity contribution is 7.80. The second-order valence-corrected chi connectivity index (χ2v) is 4.21. The van der Waals surface area contributed by atoms with Crippen molar-refractivity contribution in [3.05, 3.63) is 0 Å². The molecule has 1 aliphatic rings. The summed E-state index contributed by atoms with van der Waals surface area (Å²) in [5.41, 5.74) is 0. The molecule has 0 heterocycles. The van der Waals surface area contributed by atoms with Crippen molar-refractivity contribution in [3.8, 4) is 0 Å². The second kappa shape index (κ2) is 5.52. The van der Waals surface area contributed by atoms with Crippen LogP contribution >= 0.6 is 12.2 Å². The highest BCUT2D eigenvalue weighted by Gasteiger charge is 2.12. The van der Waals surface area contributed by atoms with E-state index in [0.29, 0.717) is 5.05 Å². The molecule has 0 aliphatic heterocycles. The van der Waals surface area contributed by atoms with Gasteiger partial charge < -0.3 is 4.74 Å². The van der Waals surface area contributed by atoms with Gasteiger partial charge in [0.25, 0.3) is 0 Å². The zero-order valence-corrected chi connectivity index (χ0v) is 8.66. The van der Waals surface area contributed by atoms with Crippen LogP contribution < -0.4 is 0 Å². The van der Waals surface area contributed by atoms with E-state index in [1.54, 1.807) is 0 Å². The first kappa shape index (κ1) is 9.97. The molecule has 0 aromatic carbocycles. The minimum atomic E-state index is 0.686. The monoisotopic (exact) mass is 186 g/mol. The Labute approximate surface area is 80.5 Å². The minimum absolute atomic E-state index is 0.686. The molecule has 1 aliphatic carbocycles. The van der Waals surface area contributed by atoms with E-state index in [2.05, 4.69) is 0 Å². The maximum atomic E-state index is 5.28. The van der Waals surface area contributed by atoms with Crippen LogP contribution in [0.1, 0.15) is 45.4 Å². The van der Waals surface area contributed by atoms with Crippen LogP contribution in [0.3, 0.4) is 0 Å². The molecule has 1 rings (SSSR count). The Morgan fingerprint density at radius 1 is 1.33 bits per heavy atom. The third kappa shape index (κ3) is 4.05. The van der Waals surface area contributed by atoms with Gasteiger partial charge in [-0.1, -0.05) is 32.1 Å². The lowest BCUT2D eigenvalue weighted by Crippen LogP contribution is -2.10. The molecule has 12 heavy (non-hydrogen) atoms. The Bertz CT molecular complexity index is 139. The maximum Gasteiger partial charge on any atom is 0.156 e. The first-order chi connectivity index (χ1) is 5.79. The van der Waals surface area contributed by atoms with Gasteiger partial charge in [-0.05, 0) is 24.6 Å². The Morgan fingerprint density at radius 3 is 2.58 bits per heavy atom. The predicted octanol–water partition coefficient (Wildman–Crippen LogP) is 3.32. The average Bonchev–Trinajstić information content (AvgIpc) is 2.05. The van der Waals surface area contributed by atoms with E-state index in [9.17, 15) is 0 Å². The molecule has 1 fully saturated rings. The molecule has 0 N–H and O–H groups in total. The summed E-state index contributed by atoms with van der Waals surface area (Å²) in [5.74, 6) is 0.910. The second-order valence-electron chi connectivity index (χ2n) is 3.63. The van der Waals surface area contributed by atoms with Crippen molar-refractivity contribution < 1.29 is 4.74 Å². The highest BCUT2D eigenvalue weighted by atomic mass is 32.1. The molecule has 0 atom stereocenters. The van der Waals surface area contributed by atoms with Crippen molar-refractivity contribution in [2.24, 2.45) is 5.92 Å². The molecule has 0 saturated heterocycles. The van der Waals surface area contributed by atoms with Crippen LogP contribution in [0.4, 0.5) is 0 Å². The van der Waals surface area contributed by atoms with E-state index in [1.807, 2.05) is 6.92 Å². The summed E-state index contributed by atoms with van der Waals surface area (Å²) in [6, 6.07) is 0. The van der Waals surface area contributed by atoms with Crippen molar-refractivity contribution >= 4 is 17.3 Å². The van der Waals surface area contributed by atoms with E-state index < -0.39 is 0 Å². The summed E-state index contributed by atoms with van der Waals surface area (Å²) in [4.78, 5) is 0. The van der Waals surface area contributed by atoms with Gasteiger partial charge >= 0.3 is 0 Å². The fourth-order valence-corrected chi connectivity index (χ4v) is 1.93. The first-order valence-corrected chi connectivity index (χ1v) is 5.33. The first-order valence-electron chi connectivity index (χ1n) is 4.92. The Kier molecular flexibility index (Phi) is 4.59. The van der Waals surface area contributed by atoms with Crippen molar-refractivity contribution in [1.82, 2.24) is 0 Å². The molecule has 0 unspecified atom stereocenters. The summed E-state index contributed by atoms with van der Waals surface area (Å²) in [6.45, 7) is 2.68. The van der Waals surface area contributed by atoms with Gasteiger partial charge in [-0.25, -0.2) is 0 Å². The molecule has 0 amide bonds. The molecular formula is C10H18OS. The molecule has 2 heteroatoms. The molecule has 1 saturated carbocycles. The van der Waals surface area contributed by atoms with E-state index in [1.165, 1.54) is 38.5 Å². The van der Waals surface area contributed by atoms with Gasteiger partial charge in [0.1, 0.15) is 0 Å². The lowest BCUT2D eigenvalue weighted by molar-refractivity contribution is 0.241. The minimum Gasteiger partial charge on any atom is -0.487 e. The van der Waals surface area contributed by atoms with E-state index in [0.717, 1.165) is 12.5 Å². The smallest absolute Gasteiger partial charge is 0.156 e. The fourth-order valence-electron chi connectivity index (χ4n) is 1.85. The van der Waals surface area contributed by atoms with E-state index >= 15 is 0 Å². The number of rotatable bonds is 3. The number of hydrogen-bond donors (Lipinski definition) is 0. The van der Waals surface area contributed by atoms with Crippen LogP contribution in [0.2, 0.25) is 0 Å². The zero-order chi connectivity index (χ0) is 8.81. The highest BCUT2D eigenvalue weighted by Crippen LogP contribution is 2.25. The summed E-state index contributed by atoms with van der Waals surface area (Å²) in [7, 11) is 0. The molecule has 1 nitrogen and oxygen atoms in total. The van der Waals surface area contributed by atoms with Crippen molar-refractivity contribution in [1.29, 1.82) is 0 Å². The van der Waals surface area contributed by atoms with Crippen LogP contribution in [0.15, 0.2) is 0 Å². The van der Waals surface area contributed by atoms with Crippen LogP contribution in [0.5, 0.6) is 0 Å². The number of hydrogen-bond acceptors (Lipinski definition) is 2. The molecule has 70 valence electrons. The van der Waals surface area contributed by atoms with Gasteiger partial charge in [0, 0.05) is 6.92 Å². The lowest BCUT2D eigenvalue weighted by Gasteiger charge is -2.21. The third-order valence-corrected chi connectivity index (χ3v) is 2.67. The average molecular weight is 186 g/mol. The van der Waals surface area contributed by atoms with Crippen LogP contribution in [0.25, 0.3) is 0 Å². The van der Waals surface area contributed by atoms with Gasteiger partial charge in [0.05, 0.1) is 6.61 Å². The van der Waals surface area contributed by atoms with Crippen LogP contribution in [-0.2, 0) is 4.74 Å². The van der Waals surface area contributed by atoms with Gasteiger partial charge in [-0.2, -0.15) is 0 Å². The molecule has 0 aromatic heterocycles. The molecule has 0 bridgehead atoms. The predicted molar refractivity (Wildman–Crippen MR) is 55.4 cm³/mol. The largest absolute Gasteiger partial charge is 0.487 e. The van der Waals surface area contributed by atoms with Crippen molar-refractivity contribution in [2.45, 2.75) is 45.4 Å². The molecule has 0 radical (unpaired) electrons. The SMILES string of the molecule is CC(=S)OCCC1CCCCC1. The Hall–Kier alpha value is -0.110. The standard InChI is InChI=1S/C10H18OS/c1-9(12)11-8-7-10-5-3-2-4-6-10/h10H,2-8H2,1H3. The summed E-state index contributed by atoms with van der Waals surface area (Å²) in [5, 5.41) is 0.686. The fraction of sp³-hybridized carbons (Fsp3) is 0.900. The van der Waals surface area contributed by atoms with Crippen molar-refractivity contribution in [2.75, 3.05) is 6.61 Å². The van der Waals surface area contributed by atoms with Crippen LogP contribution in [0, 0.1) is 5.92 Å². The number of thiocarbonyl (C=S) groups is 1. The maximum absolute atomic E-state index is 5.28. The lowest BCUT2D eigenvalue weighted by atomic mass is 9.87. The van der Waals surface area contributed by atoms with Gasteiger partial charge in [-0.3, -0.25) is 0 Å². The Morgan fingerprint density at radius 2 is 2.00 bits per heavy atom. The molecule has 0 spiro atoms. The van der Waals surface area contributed by atoms with Gasteiger partial charge in [-0.15, -0.1) is 0 Å². The zero-order valence-electron chi connectivity index (χ0n) is 7.84. The summed E-state index contributed by atoms with van der Waals surface area (Å²) in [6.07, 6.45) is 8.28. The van der Waals surface area contributed by atoms with E-state index in [4.69, 9.17) is 17.0 Å². The third-order valence-electron chi connectivity index (χ3n) is 2.56. The van der Waals surface area contributed by atoms with Gasteiger partial charge in [0.15, 0.2) is 5.05 Å². The van der Waals surface area contributed by atoms with E-state index in [-0.39, 0.29) is 0 Å². The topological polar surface area (TPSA) is 9.23 Å².